The SMILES string of the molecule is Cc1c[se]c2ccc(O)cc12. The van der Waals surface area contributed by atoms with Crippen molar-refractivity contribution in [1.29, 1.82) is 0 Å². The molecule has 11 heavy (non-hydrogen) atoms. The fourth-order valence-corrected chi connectivity index (χ4v) is 3.08. The Balaban J connectivity index is 2.87. The minimum atomic E-state index is 0.370. The van der Waals surface area contributed by atoms with Crippen molar-refractivity contribution >= 4 is 24.1 Å². The van der Waals surface area contributed by atoms with Crippen LogP contribution in [0.25, 0.3) is 9.65 Å². The first kappa shape index (κ1) is 6.96. The van der Waals surface area contributed by atoms with Crippen molar-refractivity contribution in [1.82, 2.24) is 0 Å². The second kappa shape index (κ2) is 2.40. The first-order valence-corrected chi connectivity index (χ1v) is 5.29. The fraction of sp³-hybridized carbons (Fsp3) is 0.111. The summed E-state index contributed by atoms with van der Waals surface area (Å²) in [7, 11) is 0. The summed E-state index contributed by atoms with van der Waals surface area (Å²) in [6.07, 6.45) is 0. The van der Waals surface area contributed by atoms with Gasteiger partial charge in [-0.3, -0.25) is 0 Å². The van der Waals surface area contributed by atoms with Crippen LogP contribution in [0.2, 0.25) is 0 Å². The molecule has 1 heterocycles. The van der Waals surface area contributed by atoms with Crippen LogP contribution in [0, 0.1) is 6.92 Å². The Kier molecular flexibility index (Phi) is 1.52. The summed E-state index contributed by atoms with van der Waals surface area (Å²) in [4.78, 5) is 2.25. The van der Waals surface area contributed by atoms with Gasteiger partial charge in [-0.15, -0.1) is 0 Å². The molecule has 0 saturated heterocycles. The van der Waals surface area contributed by atoms with E-state index in [2.05, 4.69) is 11.9 Å². The Hall–Kier alpha value is -0.721. The third-order valence-electron chi connectivity index (χ3n) is 1.75. The molecule has 0 bridgehead atoms. The van der Waals surface area contributed by atoms with Crippen LogP contribution in [0.15, 0.2) is 23.1 Å². The number of aryl methyl sites for hydroxylation is 1. The average molecular weight is 211 g/mol. The van der Waals surface area contributed by atoms with Crippen molar-refractivity contribution in [3.05, 3.63) is 28.7 Å². The summed E-state index contributed by atoms with van der Waals surface area (Å²) in [5, 5.41) is 10.4. The number of hydrogen-bond acceptors (Lipinski definition) is 1. The first-order valence-electron chi connectivity index (χ1n) is 3.44. The number of phenolic OH excluding ortho intramolecular Hbond substituents is 1. The third kappa shape index (κ3) is 1.09. The minimum absolute atomic E-state index is 0.370. The van der Waals surface area contributed by atoms with Crippen LogP contribution in [-0.4, -0.2) is 19.6 Å². The quantitative estimate of drug-likeness (QED) is 0.660. The van der Waals surface area contributed by atoms with Gasteiger partial charge in [-0.05, 0) is 0 Å². The molecule has 0 spiro atoms. The normalized spacial score (nSPS) is 10.6. The van der Waals surface area contributed by atoms with Gasteiger partial charge in [0.15, 0.2) is 0 Å². The number of fused-ring (bicyclic) bond motifs is 1. The molecule has 0 unspecified atom stereocenters. The summed E-state index contributed by atoms with van der Waals surface area (Å²) in [5.74, 6) is 0.370. The van der Waals surface area contributed by atoms with E-state index in [1.807, 2.05) is 12.1 Å². The van der Waals surface area contributed by atoms with E-state index in [1.165, 1.54) is 15.2 Å². The Morgan fingerprint density at radius 2 is 2.18 bits per heavy atom. The van der Waals surface area contributed by atoms with Gasteiger partial charge in [-0.2, -0.15) is 0 Å². The Bertz CT molecular complexity index is 389. The summed E-state index contributed by atoms with van der Waals surface area (Å²) in [6.45, 7) is 2.09. The average Bonchev–Trinajstić information content (AvgIpc) is 2.33. The molecular weight excluding hydrogens is 203 g/mol. The first-order chi connectivity index (χ1) is 5.27. The van der Waals surface area contributed by atoms with Gasteiger partial charge < -0.3 is 0 Å². The van der Waals surface area contributed by atoms with E-state index in [0.29, 0.717) is 20.3 Å². The van der Waals surface area contributed by atoms with Gasteiger partial charge in [0.2, 0.25) is 0 Å². The van der Waals surface area contributed by atoms with Crippen LogP contribution in [0.1, 0.15) is 5.56 Å². The molecule has 0 amide bonds. The number of aromatic hydroxyl groups is 1. The summed E-state index contributed by atoms with van der Waals surface area (Å²) in [6, 6.07) is 5.61. The predicted octanol–water partition coefficient (Wildman–Crippen LogP) is 1.91. The van der Waals surface area contributed by atoms with E-state index in [4.69, 9.17) is 0 Å². The van der Waals surface area contributed by atoms with Gasteiger partial charge >= 0.3 is 70.6 Å². The topological polar surface area (TPSA) is 20.2 Å². The Morgan fingerprint density at radius 1 is 1.36 bits per heavy atom. The van der Waals surface area contributed by atoms with Crippen LogP contribution in [-0.2, 0) is 0 Å². The second-order valence-corrected chi connectivity index (χ2v) is 4.51. The van der Waals surface area contributed by atoms with E-state index in [-0.39, 0.29) is 0 Å². The molecule has 0 radical (unpaired) electrons. The van der Waals surface area contributed by atoms with Crippen LogP contribution >= 0.6 is 0 Å². The van der Waals surface area contributed by atoms with E-state index >= 15 is 0 Å². The van der Waals surface area contributed by atoms with E-state index < -0.39 is 0 Å². The zero-order valence-corrected chi connectivity index (χ0v) is 7.88. The van der Waals surface area contributed by atoms with Crippen molar-refractivity contribution in [3.8, 4) is 5.75 Å². The molecule has 1 aromatic carbocycles. The Labute approximate surface area is 71.0 Å². The fourth-order valence-electron chi connectivity index (χ4n) is 1.14. The molecule has 0 aliphatic heterocycles. The van der Waals surface area contributed by atoms with E-state index in [1.54, 1.807) is 6.07 Å². The van der Waals surface area contributed by atoms with E-state index in [0.717, 1.165) is 0 Å². The maximum atomic E-state index is 9.19. The van der Waals surface area contributed by atoms with Gasteiger partial charge in [-0.1, -0.05) is 0 Å². The molecule has 0 fully saturated rings. The van der Waals surface area contributed by atoms with Crippen molar-refractivity contribution in [2.75, 3.05) is 0 Å². The van der Waals surface area contributed by atoms with Crippen LogP contribution in [0.5, 0.6) is 5.75 Å². The van der Waals surface area contributed by atoms with Crippen LogP contribution in [0.3, 0.4) is 0 Å². The van der Waals surface area contributed by atoms with Gasteiger partial charge in [-0.25, -0.2) is 0 Å². The summed E-state index contributed by atoms with van der Waals surface area (Å²) < 4.78 is 1.38. The molecule has 0 atom stereocenters. The van der Waals surface area contributed by atoms with Gasteiger partial charge in [0, 0.05) is 0 Å². The maximum absolute atomic E-state index is 9.19. The zero-order valence-electron chi connectivity index (χ0n) is 6.16. The number of benzene rings is 1. The molecule has 2 heteroatoms. The molecule has 1 nitrogen and oxygen atoms in total. The van der Waals surface area contributed by atoms with Crippen molar-refractivity contribution < 1.29 is 5.11 Å². The van der Waals surface area contributed by atoms with Crippen molar-refractivity contribution in [2.45, 2.75) is 6.92 Å². The van der Waals surface area contributed by atoms with Gasteiger partial charge in [0.05, 0.1) is 0 Å². The molecular formula is C9H8OSe. The third-order valence-corrected chi connectivity index (χ3v) is 4.02. The molecule has 1 aromatic heterocycles. The standard InChI is InChI=1S/C9H8OSe/c1-6-5-11-9-3-2-7(10)4-8(6)9/h2-5,10H,1H3. The summed E-state index contributed by atoms with van der Waals surface area (Å²) in [5.41, 5.74) is 1.30. The predicted molar refractivity (Wildman–Crippen MR) is 47.3 cm³/mol. The molecule has 56 valence electrons. The monoisotopic (exact) mass is 212 g/mol. The van der Waals surface area contributed by atoms with Gasteiger partial charge in [0.1, 0.15) is 0 Å². The molecule has 0 aliphatic rings. The number of phenols is 1. The number of rotatable bonds is 0. The zero-order chi connectivity index (χ0) is 7.84. The van der Waals surface area contributed by atoms with Crippen molar-refractivity contribution in [3.63, 3.8) is 0 Å². The van der Waals surface area contributed by atoms with E-state index in [9.17, 15) is 5.11 Å². The van der Waals surface area contributed by atoms with Crippen LogP contribution < -0.4 is 0 Å². The van der Waals surface area contributed by atoms with Gasteiger partial charge in [0.25, 0.3) is 0 Å². The Morgan fingerprint density at radius 3 is 3.00 bits per heavy atom. The van der Waals surface area contributed by atoms with Crippen molar-refractivity contribution in [2.24, 2.45) is 0 Å². The number of hydrogen-bond donors (Lipinski definition) is 1. The summed E-state index contributed by atoms with van der Waals surface area (Å²) >= 11 is 0.493. The molecule has 2 rings (SSSR count). The molecule has 0 aliphatic carbocycles. The van der Waals surface area contributed by atoms with Crippen LogP contribution in [0.4, 0.5) is 0 Å². The molecule has 0 saturated carbocycles. The molecule has 1 N–H and O–H groups in total. The molecule has 2 aromatic rings. The second-order valence-electron chi connectivity index (χ2n) is 2.60.